The molecule has 0 radical (unpaired) electrons. The summed E-state index contributed by atoms with van der Waals surface area (Å²) in [6, 6.07) is 26.0. The van der Waals surface area contributed by atoms with E-state index < -0.39 is 0 Å². The zero-order chi connectivity index (χ0) is 18.4. The molecule has 0 aliphatic carbocycles. The second kappa shape index (κ2) is 8.30. The van der Waals surface area contributed by atoms with Crippen molar-refractivity contribution in [3.05, 3.63) is 102 Å². The Hall–Kier alpha value is -3.13. The predicted molar refractivity (Wildman–Crippen MR) is 110 cm³/mol. The van der Waals surface area contributed by atoms with Crippen LogP contribution >= 0.6 is 0 Å². The van der Waals surface area contributed by atoms with Crippen molar-refractivity contribution in [2.24, 2.45) is 0 Å². The van der Waals surface area contributed by atoms with Crippen LogP contribution in [0.25, 0.3) is 11.1 Å². The van der Waals surface area contributed by atoms with Crippen molar-refractivity contribution in [2.75, 3.05) is 5.32 Å². The maximum absolute atomic E-state index is 12.4. The van der Waals surface area contributed by atoms with Crippen LogP contribution in [-0.2, 0) is 0 Å². The number of allylic oxidation sites excluding steroid dienone is 1. The maximum Gasteiger partial charge on any atom is 0.187 e. The number of rotatable bonds is 6. The van der Waals surface area contributed by atoms with Gasteiger partial charge >= 0.3 is 0 Å². The Morgan fingerprint density at radius 2 is 1.42 bits per heavy atom. The molecular weight excluding hydrogens is 318 g/mol. The van der Waals surface area contributed by atoms with Crippen molar-refractivity contribution in [1.82, 2.24) is 0 Å². The van der Waals surface area contributed by atoms with Gasteiger partial charge in [-0.05, 0) is 28.7 Å². The van der Waals surface area contributed by atoms with Gasteiger partial charge in [0.2, 0.25) is 0 Å². The Kier molecular flexibility index (Phi) is 5.65. The van der Waals surface area contributed by atoms with Crippen molar-refractivity contribution < 1.29 is 4.79 Å². The van der Waals surface area contributed by atoms with Crippen molar-refractivity contribution in [3.8, 4) is 11.1 Å². The van der Waals surface area contributed by atoms with E-state index in [9.17, 15) is 4.79 Å². The fourth-order valence-corrected chi connectivity index (χ4v) is 2.89. The lowest BCUT2D eigenvalue weighted by atomic mass is 10.0. The molecule has 3 aromatic rings. The van der Waals surface area contributed by atoms with E-state index in [0.717, 1.165) is 16.8 Å². The zero-order valence-electron chi connectivity index (χ0n) is 15.1. The molecule has 0 aromatic heterocycles. The molecule has 0 aliphatic rings. The van der Waals surface area contributed by atoms with Gasteiger partial charge < -0.3 is 5.32 Å². The van der Waals surface area contributed by atoms with Crippen molar-refractivity contribution >= 4 is 11.5 Å². The number of carbonyl (C=O) groups excluding carboxylic acids is 1. The largest absolute Gasteiger partial charge is 0.361 e. The van der Waals surface area contributed by atoms with Crippen LogP contribution in [0.3, 0.4) is 0 Å². The first-order valence-electron chi connectivity index (χ1n) is 8.87. The highest BCUT2D eigenvalue weighted by Crippen LogP contribution is 2.23. The standard InChI is InChI=1S/C24H23NO/c1-18(2)22-10-6-7-11-23(22)25-17-16-24(26)21-14-12-20(13-15-21)19-8-4-3-5-9-19/h3-18,25H,1-2H3/b17-16+. The molecule has 0 bridgehead atoms. The van der Waals surface area contributed by atoms with E-state index in [4.69, 9.17) is 0 Å². The van der Waals surface area contributed by atoms with Gasteiger partial charge in [0.15, 0.2) is 5.78 Å². The fourth-order valence-electron chi connectivity index (χ4n) is 2.89. The summed E-state index contributed by atoms with van der Waals surface area (Å²) in [4.78, 5) is 12.4. The molecule has 130 valence electrons. The lowest BCUT2D eigenvalue weighted by molar-refractivity contribution is 0.104. The van der Waals surface area contributed by atoms with E-state index in [1.54, 1.807) is 12.3 Å². The lowest BCUT2D eigenvalue weighted by Crippen LogP contribution is -1.99. The molecule has 2 nitrogen and oxygen atoms in total. The van der Waals surface area contributed by atoms with E-state index in [1.807, 2.05) is 60.7 Å². The lowest BCUT2D eigenvalue weighted by Gasteiger charge is -2.11. The molecule has 0 unspecified atom stereocenters. The average Bonchev–Trinajstić information content (AvgIpc) is 2.69. The van der Waals surface area contributed by atoms with E-state index in [1.165, 1.54) is 5.56 Å². The first-order valence-corrected chi connectivity index (χ1v) is 8.87. The minimum atomic E-state index is -0.0147. The van der Waals surface area contributed by atoms with E-state index >= 15 is 0 Å². The summed E-state index contributed by atoms with van der Waals surface area (Å²) in [6.45, 7) is 4.31. The third kappa shape index (κ3) is 4.28. The van der Waals surface area contributed by atoms with Gasteiger partial charge in [0.25, 0.3) is 0 Å². The second-order valence-electron chi connectivity index (χ2n) is 6.53. The van der Waals surface area contributed by atoms with Crippen LogP contribution in [0.5, 0.6) is 0 Å². The molecule has 0 heterocycles. The number of hydrogen-bond acceptors (Lipinski definition) is 2. The molecule has 0 aliphatic heterocycles. The van der Waals surface area contributed by atoms with Crippen molar-refractivity contribution in [1.29, 1.82) is 0 Å². The van der Waals surface area contributed by atoms with Crippen LogP contribution in [-0.4, -0.2) is 5.78 Å². The van der Waals surface area contributed by atoms with Gasteiger partial charge in [0.1, 0.15) is 0 Å². The Labute approximate surface area is 155 Å². The second-order valence-corrected chi connectivity index (χ2v) is 6.53. The molecule has 0 spiro atoms. The predicted octanol–water partition coefficient (Wildman–Crippen LogP) is 6.29. The minimum Gasteiger partial charge on any atom is -0.361 e. The number of benzene rings is 3. The number of hydrogen-bond donors (Lipinski definition) is 1. The quantitative estimate of drug-likeness (QED) is 0.422. The van der Waals surface area contributed by atoms with Crippen LogP contribution in [0.1, 0.15) is 35.7 Å². The molecule has 0 amide bonds. The summed E-state index contributed by atoms with van der Waals surface area (Å²) in [6.07, 6.45) is 3.29. The Morgan fingerprint density at radius 1 is 0.808 bits per heavy atom. The van der Waals surface area contributed by atoms with Gasteiger partial charge in [-0.1, -0.05) is 86.6 Å². The molecule has 0 saturated carbocycles. The molecule has 1 N–H and O–H groups in total. The third-order valence-corrected chi connectivity index (χ3v) is 4.33. The highest BCUT2D eigenvalue weighted by atomic mass is 16.1. The SMILES string of the molecule is CC(C)c1ccccc1N/C=C/C(=O)c1ccc(-c2ccccc2)cc1. The first-order chi connectivity index (χ1) is 12.6. The molecular formula is C24H23NO. The van der Waals surface area contributed by atoms with Crippen molar-refractivity contribution in [3.63, 3.8) is 0 Å². The van der Waals surface area contributed by atoms with Crippen LogP contribution in [0.15, 0.2) is 91.1 Å². The fraction of sp³-hybridized carbons (Fsp3) is 0.125. The van der Waals surface area contributed by atoms with Crippen LogP contribution < -0.4 is 5.32 Å². The molecule has 0 atom stereocenters. The highest BCUT2D eigenvalue weighted by Gasteiger charge is 2.05. The summed E-state index contributed by atoms with van der Waals surface area (Å²) in [5.41, 5.74) is 5.20. The van der Waals surface area contributed by atoms with E-state index in [0.29, 0.717) is 11.5 Å². The topological polar surface area (TPSA) is 29.1 Å². The van der Waals surface area contributed by atoms with Gasteiger partial charge in [-0.2, -0.15) is 0 Å². The van der Waals surface area contributed by atoms with Gasteiger partial charge in [0, 0.05) is 23.5 Å². The molecule has 2 heteroatoms. The molecule has 26 heavy (non-hydrogen) atoms. The summed E-state index contributed by atoms with van der Waals surface area (Å²) >= 11 is 0. The normalized spacial score (nSPS) is 11.0. The van der Waals surface area contributed by atoms with Crippen LogP contribution in [0, 0.1) is 0 Å². The minimum absolute atomic E-state index is 0.0147. The Morgan fingerprint density at radius 3 is 2.12 bits per heavy atom. The third-order valence-electron chi connectivity index (χ3n) is 4.33. The number of nitrogens with one attached hydrogen (secondary N) is 1. The number of carbonyl (C=O) groups is 1. The molecule has 0 fully saturated rings. The number of para-hydroxylation sites is 1. The monoisotopic (exact) mass is 341 g/mol. The Balaban J connectivity index is 1.68. The summed E-state index contributed by atoms with van der Waals surface area (Å²) in [5, 5.41) is 3.23. The first kappa shape index (κ1) is 17.7. The summed E-state index contributed by atoms with van der Waals surface area (Å²) < 4.78 is 0. The molecule has 3 rings (SSSR count). The van der Waals surface area contributed by atoms with E-state index in [-0.39, 0.29) is 5.78 Å². The summed E-state index contributed by atoms with van der Waals surface area (Å²) in [7, 11) is 0. The van der Waals surface area contributed by atoms with Gasteiger partial charge in [-0.3, -0.25) is 4.79 Å². The van der Waals surface area contributed by atoms with E-state index in [2.05, 4.69) is 37.4 Å². The van der Waals surface area contributed by atoms with Crippen LogP contribution in [0.2, 0.25) is 0 Å². The zero-order valence-corrected chi connectivity index (χ0v) is 15.1. The molecule has 3 aromatic carbocycles. The van der Waals surface area contributed by atoms with Gasteiger partial charge in [-0.25, -0.2) is 0 Å². The number of ketones is 1. The van der Waals surface area contributed by atoms with Crippen LogP contribution in [0.4, 0.5) is 5.69 Å². The Bertz CT molecular complexity index is 893. The average molecular weight is 341 g/mol. The smallest absolute Gasteiger partial charge is 0.187 e. The van der Waals surface area contributed by atoms with Gasteiger partial charge in [0.05, 0.1) is 0 Å². The summed E-state index contributed by atoms with van der Waals surface area (Å²) in [5.74, 6) is 0.410. The number of anilines is 1. The highest BCUT2D eigenvalue weighted by molar-refractivity contribution is 6.04. The van der Waals surface area contributed by atoms with Gasteiger partial charge in [-0.15, -0.1) is 0 Å². The van der Waals surface area contributed by atoms with Crippen molar-refractivity contribution in [2.45, 2.75) is 19.8 Å². The maximum atomic E-state index is 12.4. The molecule has 0 saturated heterocycles.